The van der Waals surface area contributed by atoms with Crippen LogP contribution in [-0.2, 0) is 11.3 Å². The predicted octanol–water partition coefficient (Wildman–Crippen LogP) is 3.25. The average Bonchev–Trinajstić information content (AvgIpc) is 2.61. The summed E-state index contributed by atoms with van der Waals surface area (Å²) in [6.07, 6.45) is 3.26. The van der Waals surface area contributed by atoms with Crippen molar-refractivity contribution in [3.63, 3.8) is 0 Å². The van der Waals surface area contributed by atoms with Gasteiger partial charge in [-0.05, 0) is 36.4 Å². The summed E-state index contributed by atoms with van der Waals surface area (Å²) in [6, 6.07) is 11.2. The molecule has 0 spiro atoms. The third-order valence-electron chi connectivity index (χ3n) is 3.34. The molecule has 0 unspecified atom stereocenters. The maximum atomic E-state index is 12.2. The van der Waals surface area contributed by atoms with E-state index >= 15 is 0 Å². The van der Waals surface area contributed by atoms with E-state index in [-0.39, 0.29) is 12.1 Å². The minimum Gasteiger partial charge on any atom is -0.324 e. The maximum absolute atomic E-state index is 12.2. The Kier molecular flexibility index (Phi) is 5.11. The molecular formula is C17H12Cl2N4O2. The van der Waals surface area contributed by atoms with Gasteiger partial charge in [-0.15, -0.1) is 0 Å². The highest BCUT2D eigenvalue weighted by molar-refractivity contribution is 6.42. The molecule has 0 aliphatic rings. The summed E-state index contributed by atoms with van der Waals surface area (Å²) in [5, 5.41) is 7.60. The molecule has 3 rings (SSSR count). The minimum atomic E-state index is -0.403. The van der Waals surface area contributed by atoms with Gasteiger partial charge in [0.1, 0.15) is 6.54 Å². The van der Waals surface area contributed by atoms with Crippen molar-refractivity contribution in [3.8, 4) is 11.3 Å². The number of rotatable bonds is 4. The summed E-state index contributed by atoms with van der Waals surface area (Å²) in [5.74, 6) is -0.403. The number of aromatic nitrogens is 3. The molecule has 0 saturated heterocycles. The van der Waals surface area contributed by atoms with Crippen LogP contribution < -0.4 is 10.9 Å². The number of halogens is 2. The Hall–Kier alpha value is -2.70. The number of anilines is 1. The summed E-state index contributed by atoms with van der Waals surface area (Å²) in [6.45, 7) is -0.224. The first-order valence-electron chi connectivity index (χ1n) is 7.26. The van der Waals surface area contributed by atoms with Crippen LogP contribution in [0.5, 0.6) is 0 Å². The van der Waals surface area contributed by atoms with Crippen LogP contribution in [0.4, 0.5) is 5.69 Å². The summed E-state index contributed by atoms with van der Waals surface area (Å²) >= 11 is 11.8. The molecule has 0 bridgehead atoms. The summed E-state index contributed by atoms with van der Waals surface area (Å²) in [4.78, 5) is 28.1. The minimum absolute atomic E-state index is 0.224. The highest BCUT2D eigenvalue weighted by atomic mass is 35.5. The second-order valence-corrected chi connectivity index (χ2v) is 5.94. The van der Waals surface area contributed by atoms with Crippen molar-refractivity contribution in [1.29, 1.82) is 0 Å². The lowest BCUT2D eigenvalue weighted by Gasteiger charge is -2.09. The van der Waals surface area contributed by atoms with Crippen molar-refractivity contribution < 1.29 is 4.79 Å². The van der Waals surface area contributed by atoms with Gasteiger partial charge < -0.3 is 5.32 Å². The molecule has 1 amide bonds. The fourth-order valence-electron chi connectivity index (χ4n) is 2.15. The standard InChI is InChI=1S/C17H12Cl2N4O2/c18-13-2-1-12(9-14(13)19)21-16(24)10-23-17(25)4-3-15(22-23)11-5-7-20-8-6-11/h1-9H,10H2,(H,21,24). The highest BCUT2D eigenvalue weighted by Gasteiger charge is 2.09. The Bertz CT molecular complexity index is 974. The van der Waals surface area contributed by atoms with E-state index in [9.17, 15) is 9.59 Å². The largest absolute Gasteiger partial charge is 0.324 e. The molecule has 25 heavy (non-hydrogen) atoms. The maximum Gasteiger partial charge on any atom is 0.267 e. The lowest BCUT2D eigenvalue weighted by atomic mass is 10.2. The van der Waals surface area contributed by atoms with E-state index in [0.29, 0.717) is 21.4 Å². The van der Waals surface area contributed by atoms with Crippen LogP contribution in [0.1, 0.15) is 0 Å². The van der Waals surface area contributed by atoms with Gasteiger partial charge in [0, 0.05) is 29.7 Å². The van der Waals surface area contributed by atoms with Crippen LogP contribution in [0.15, 0.2) is 59.7 Å². The van der Waals surface area contributed by atoms with Crippen molar-refractivity contribution in [2.75, 3.05) is 5.32 Å². The molecule has 0 aliphatic heterocycles. The Balaban J connectivity index is 1.79. The normalized spacial score (nSPS) is 10.5. The van der Waals surface area contributed by atoms with Gasteiger partial charge in [-0.25, -0.2) is 4.68 Å². The number of nitrogens with one attached hydrogen (secondary N) is 1. The first kappa shape index (κ1) is 17.1. The fourth-order valence-corrected chi connectivity index (χ4v) is 2.45. The number of hydrogen-bond donors (Lipinski definition) is 1. The number of carbonyl (C=O) groups is 1. The van der Waals surface area contributed by atoms with Gasteiger partial charge in [-0.3, -0.25) is 14.6 Å². The molecule has 8 heteroatoms. The Morgan fingerprint density at radius 1 is 1.04 bits per heavy atom. The summed E-state index contributed by atoms with van der Waals surface area (Å²) in [7, 11) is 0. The number of carbonyl (C=O) groups excluding carboxylic acids is 1. The molecule has 126 valence electrons. The number of pyridine rings is 1. The topological polar surface area (TPSA) is 76.9 Å². The summed E-state index contributed by atoms with van der Waals surface area (Å²) < 4.78 is 1.10. The van der Waals surface area contributed by atoms with Crippen LogP contribution in [0.3, 0.4) is 0 Å². The van der Waals surface area contributed by atoms with E-state index in [1.54, 1.807) is 42.7 Å². The van der Waals surface area contributed by atoms with E-state index in [4.69, 9.17) is 23.2 Å². The first-order valence-corrected chi connectivity index (χ1v) is 8.02. The van der Waals surface area contributed by atoms with Crippen molar-refractivity contribution in [2.24, 2.45) is 0 Å². The fraction of sp³-hybridized carbons (Fsp3) is 0.0588. The first-order chi connectivity index (χ1) is 12.0. The Labute approximate surface area is 153 Å². The molecule has 2 heterocycles. The Morgan fingerprint density at radius 2 is 1.80 bits per heavy atom. The lowest BCUT2D eigenvalue weighted by Crippen LogP contribution is -2.29. The highest BCUT2D eigenvalue weighted by Crippen LogP contribution is 2.24. The van der Waals surface area contributed by atoms with Crippen LogP contribution in [0.25, 0.3) is 11.3 Å². The van der Waals surface area contributed by atoms with E-state index in [1.165, 1.54) is 12.1 Å². The molecule has 2 aromatic heterocycles. The molecule has 1 N–H and O–H groups in total. The number of amides is 1. The zero-order chi connectivity index (χ0) is 17.8. The second kappa shape index (κ2) is 7.46. The molecule has 0 radical (unpaired) electrons. The molecular weight excluding hydrogens is 363 g/mol. The molecule has 0 fully saturated rings. The van der Waals surface area contributed by atoms with Crippen LogP contribution in [0.2, 0.25) is 10.0 Å². The lowest BCUT2D eigenvalue weighted by molar-refractivity contribution is -0.117. The predicted molar refractivity (Wildman–Crippen MR) is 96.8 cm³/mol. The zero-order valence-electron chi connectivity index (χ0n) is 12.8. The van der Waals surface area contributed by atoms with Crippen LogP contribution in [0, 0.1) is 0 Å². The monoisotopic (exact) mass is 374 g/mol. The third kappa shape index (κ3) is 4.23. The van der Waals surface area contributed by atoms with Crippen molar-refractivity contribution in [3.05, 3.63) is 75.3 Å². The number of benzene rings is 1. The smallest absolute Gasteiger partial charge is 0.267 e. The van der Waals surface area contributed by atoms with Gasteiger partial charge >= 0.3 is 0 Å². The van der Waals surface area contributed by atoms with E-state index < -0.39 is 5.91 Å². The van der Waals surface area contributed by atoms with Gasteiger partial charge in [0.25, 0.3) is 5.56 Å². The van der Waals surface area contributed by atoms with E-state index in [2.05, 4.69) is 15.4 Å². The molecule has 6 nitrogen and oxygen atoms in total. The van der Waals surface area contributed by atoms with E-state index in [1.807, 2.05) is 0 Å². The van der Waals surface area contributed by atoms with Crippen molar-refractivity contribution >= 4 is 34.8 Å². The number of nitrogens with zero attached hydrogens (tertiary/aromatic N) is 3. The van der Waals surface area contributed by atoms with Gasteiger partial charge in [-0.1, -0.05) is 23.2 Å². The van der Waals surface area contributed by atoms with Crippen LogP contribution >= 0.6 is 23.2 Å². The van der Waals surface area contributed by atoms with Crippen molar-refractivity contribution in [2.45, 2.75) is 6.54 Å². The molecule has 1 aromatic carbocycles. The zero-order valence-corrected chi connectivity index (χ0v) is 14.3. The molecule has 0 saturated carbocycles. The average molecular weight is 375 g/mol. The third-order valence-corrected chi connectivity index (χ3v) is 4.08. The van der Waals surface area contributed by atoms with E-state index in [0.717, 1.165) is 10.2 Å². The number of hydrogen-bond acceptors (Lipinski definition) is 4. The Morgan fingerprint density at radius 3 is 2.52 bits per heavy atom. The van der Waals surface area contributed by atoms with Crippen molar-refractivity contribution in [1.82, 2.24) is 14.8 Å². The van der Waals surface area contributed by atoms with Gasteiger partial charge in [0.05, 0.1) is 15.7 Å². The van der Waals surface area contributed by atoms with Crippen LogP contribution in [-0.4, -0.2) is 20.7 Å². The second-order valence-electron chi connectivity index (χ2n) is 5.13. The van der Waals surface area contributed by atoms with Gasteiger partial charge in [0.15, 0.2) is 0 Å². The van der Waals surface area contributed by atoms with Gasteiger partial charge in [0.2, 0.25) is 5.91 Å². The molecule has 3 aromatic rings. The summed E-state index contributed by atoms with van der Waals surface area (Å²) in [5.41, 5.74) is 1.48. The quantitative estimate of drug-likeness (QED) is 0.760. The van der Waals surface area contributed by atoms with Gasteiger partial charge in [-0.2, -0.15) is 5.10 Å². The molecule has 0 aliphatic carbocycles. The molecule has 0 atom stereocenters. The SMILES string of the molecule is O=C(Cn1nc(-c2ccncc2)ccc1=O)Nc1ccc(Cl)c(Cl)c1.